The molecule has 2 saturated heterocycles. The van der Waals surface area contributed by atoms with Crippen molar-refractivity contribution >= 4 is 32.7 Å². The van der Waals surface area contributed by atoms with E-state index in [4.69, 9.17) is 4.74 Å². The summed E-state index contributed by atoms with van der Waals surface area (Å²) in [6, 6.07) is 1.36. The van der Waals surface area contributed by atoms with Gasteiger partial charge in [-0.05, 0) is 18.9 Å². The molecule has 188 valence electrons. The lowest BCUT2D eigenvalue weighted by atomic mass is 10.1. The third-order valence-corrected chi connectivity index (χ3v) is 7.63. The van der Waals surface area contributed by atoms with Crippen LogP contribution in [0.2, 0.25) is 0 Å². The van der Waals surface area contributed by atoms with Gasteiger partial charge in [0.1, 0.15) is 11.2 Å². The molecule has 0 bridgehead atoms. The first-order chi connectivity index (χ1) is 16.2. The van der Waals surface area contributed by atoms with Crippen molar-refractivity contribution in [2.75, 3.05) is 76.0 Å². The first-order valence-electron chi connectivity index (χ1n) is 11.4. The van der Waals surface area contributed by atoms with Gasteiger partial charge in [0, 0.05) is 70.5 Å². The summed E-state index contributed by atoms with van der Waals surface area (Å²) < 4.78 is 57.2. The zero-order chi connectivity index (χ0) is 24.3. The molecule has 2 aliphatic rings. The zero-order valence-corrected chi connectivity index (χ0v) is 20.3. The number of pyridine rings is 1. The molecule has 0 atom stereocenters. The van der Waals surface area contributed by atoms with Gasteiger partial charge in [0.25, 0.3) is 6.43 Å². The van der Waals surface area contributed by atoms with E-state index in [-0.39, 0.29) is 11.7 Å². The van der Waals surface area contributed by atoms with Gasteiger partial charge < -0.3 is 15.0 Å². The van der Waals surface area contributed by atoms with Crippen LogP contribution < -0.4 is 10.2 Å². The molecule has 0 aromatic carbocycles. The van der Waals surface area contributed by atoms with Crippen molar-refractivity contribution < 1.29 is 21.9 Å². The second-order valence-electron chi connectivity index (χ2n) is 8.71. The van der Waals surface area contributed by atoms with E-state index in [1.54, 1.807) is 13.3 Å². The number of sulfonamides is 1. The van der Waals surface area contributed by atoms with Gasteiger partial charge in [-0.1, -0.05) is 0 Å². The fourth-order valence-electron chi connectivity index (χ4n) is 4.36. The average Bonchev–Trinajstić information content (AvgIpc) is 2.82. The smallest absolute Gasteiger partial charge is 0.280 e. The van der Waals surface area contributed by atoms with Gasteiger partial charge in [0.2, 0.25) is 16.0 Å². The maximum Gasteiger partial charge on any atom is 0.280 e. The first-order valence-corrected chi connectivity index (χ1v) is 13.2. The molecule has 2 fully saturated rings. The standard InChI is InChI=1S/C21H31F2N7O3S/c1-33-12-11-28-7-9-29(10-8-28)20-18-15(13-17(26-20)19(22)23)14-24-21(27-18)25-16-3-5-30(6-4-16)34(2,31)32/h13-14,16,19H,3-12H2,1-2H3,(H,24,25,27). The normalized spacial score (nSPS) is 19.3. The minimum atomic E-state index is -3.20. The Morgan fingerprint density at radius 3 is 2.47 bits per heavy atom. The van der Waals surface area contributed by atoms with Gasteiger partial charge in [0.05, 0.1) is 12.9 Å². The van der Waals surface area contributed by atoms with Gasteiger partial charge >= 0.3 is 0 Å². The molecule has 2 aromatic rings. The number of piperidine rings is 1. The number of methoxy groups -OCH3 is 1. The lowest BCUT2D eigenvalue weighted by molar-refractivity contribution is 0.143. The number of halogens is 2. The molecule has 0 radical (unpaired) electrons. The van der Waals surface area contributed by atoms with E-state index in [0.717, 1.165) is 19.6 Å². The molecule has 2 aliphatic heterocycles. The summed E-state index contributed by atoms with van der Waals surface area (Å²) in [6.45, 7) is 5.19. The number of hydrogen-bond acceptors (Lipinski definition) is 9. The van der Waals surface area contributed by atoms with Crippen LogP contribution in [-0.4, -0.2) is 104 Å². The summed E-state index contributed by atoms with van der Waals surface area (Å²) in [4.78, 5) is 17.5. The molecule has 4 heterocycles. The highest BCUT2D eigenvalue weighted by Gasteiger charge is 2.26. The molecule has 13 heteroatoms. The SMILES string of the molecule is COCCN1CCN(c2nc(C(F)F)cc3cnc(NC4CCN(S(C)(=O)=O)CC4)nc23)CC1. The Morgan fingerprint density at radius 1 is 1.15 bits per heavy atom. The van der Waals surface area contributed by atoms with Crippen LogP contribution in [0, 0.1) is 0 Å². The number of ether oxygens (including phenoxy) is 1. The van der Waals surface area contributed by atoms with E-state index in [1.165, 1.54) is 16.6 Å². The number of aromatic nitrogens is 3. The largest absolute Gasteiger partial charge is 0.383 e. The summed E-state index contributed by atoms with van der Waals surface area (Å²) in [6.07, 6.45) is 1.33. The molecular formula is C21H31F2N7O3S. The lowest BCUT2D eigenvalue weighted by Crippen LogP contribution is -2.47. The predicted molar refractivity (Wildman–Crippen MR) is 126 cm³/mol. The number of nitrogens with zero attached hydrogens (tertiary/aromatic N) is 6. The highest BCUT2D eigenvalue weighted by atomic mass is 32.2. The second kappa shape index (κ2) is 10.6. The van der Waals surface area contributed by atoms with Crippen LogP contribution in [0.4, 0.5) is 20.5 Å². The van der Waals surface area contributed by atoms with Crippen LogP contribution in [0.3, 0.4) is 0 Å². The van der Waals surface area contributed by atoms with Crippen LogP contribution in [0.15, 0.2) is 12.3 Å². The van der Waals surface area contributed by atoms with E-state index in [2.05, 4.69) is 25.2 Å². The van der Waals surface area contributed by atoms with Crippen LogP contribution in [0.25, 0.3) is 10.9 Å². The van der Waals surface area contributed by atoms with E-state index >= 15 is 0 Å². The molecule has 0 aliphatic carbocycles. The van der Waals surface area contributed by atoms with Crippen molar-refractivity contribution in [3.05, 3.63) is 18.0 Å². The number of fused-ring (bicyclic) bond motifs is 1. The van der Waals surface area contributed by atoms with Crippen molar-refractivity contribution in [3.63, 3.8) is 0 Å². The average molecular weight is 500 g/mol. The molecule has 0 saturated carbocycles. The van der Waals surface area contributed by atoms with Crippen molar-refractivity contribution in [1.82, 2.24) is 24.2 Å². The molecule has 34 heavy (non-hydrogen) atoms. The van der Waals surface area contributed by atoms with E-state index < -0.39 is 16.4 Å². The molecule has 1 N–H and O–H groups in total. The monoisotopic (exact) mass is 499 g/mol. The summed E-state index contributed by atoms with van der Waals surface area (Å²) in [5, 5.41) is 3.80. The van der Waals surface area contributed by atoms with Crippen molar-refractivity contribution in [2.45, 2.75) is 25.3 Å². The van der Waals surface area contributed by atoms with E-state index in [9.17, 15) is 17.2 Å². The highest BCUT2D eigenvalue weighted by Crippen LogP contribution is 2.30. The lowest BCUT2D eigenvalue weighted by Gasteiger charge is -2.35. The molecule has 0 unspecified atom stereocenters. The number of rotatable bonds is 8. The Morgan fingerprint density at radius 2 is 1.85 bits per heavy atom. The Labute approximate surface area is 198 Å². The molecule has 0 spiro atoms. The molecule has 10 nitrogen and oxygen atoms in total. The maximum atomic E-state index is 13.5. The minimum Gasteiger partial charge on any atom is -0.383 e. The zero-order valence-electron chi connectivity index (χ0n) is 19.5. The topological polar surface area (TPSA) is 104 Å². The van der Waals surface area contributed by atoms with Gasteiger partial charge in [-0.2, -0.15) is 0 Å². The summed E-state index contributed by atoms with van der Waals surface area (Å²) in [5.74, 6) is 0.827. The van der Waals surface area contributed by atoms with E-state index in [0.29, 0.717) is 68.3 Å². The number of alkyl halides is 2. The molecule has 2 aromatic heterocycles. The van der Waals surface area contributed by atoms with E-state index in [1.807, 2.05) is 4.90 Å². The van der Waals surface area contributed by atoms with Crippen molar-refractivity contribution in [3.8, 4) is 0 Å². The number of nitrogens with one attached hydrogen (secondary N) is 1. The third kappa shape index (κ3) is 5.88. The Hall–Kier alpha value is -2.22. The predicted octanol–water partition coefficient (Wildman–Crippen LogP) is 1.57. The number of piperazine rings is 1. The van der Waals surface area contributed by atoms with Gasteiger partial charge in [-0.3, -0.25) is 4.90 Å². The molecule has 4 rings (SSSR count). The van der Waals surface area contributed by atoms with Crippen LogP contribution >= 0.6 is 0 Å². The molecule has 0 amide bonds. The summed E-state index contributed by atoms with van der Waals surface area (Å²) in [5.41, 5.74) is 0.239. The number of anilines is 2. The van der Waals surface area contributed by atoms with Crippen LogP contribution in [-0.2, 0) is 14.8 Å². The molecular weight excluding hydrogens is 468 g/mol. The number of hydrogen-bond donors (Lipinski definition) is 1. The summed E-state index contributed by atoms with van der Waals surface area (Å²) >= 11 is 0. The quantitative estimate of drug-likeness (QED) is 0.580. The van der Waals surface area contributed by atoms with Gasteiger partial charge in [-0.15, -0.1) is 0 Å². The maximum absolute atomic E-state index is 13.5. The van der Waals surface area contributed by atoms with Crippen LogP contribution in [0.5, 0.6) is 0 Å². The first kappa shape index (κ1) is 24.9. The van der Waals surface area contributed by atoms with Gasteiger partial charge in [0.15, 0.2) is 5.82 Å². The van der Waals surface area contributed by atoms with Gasteiger partial charge in [-0.25, -0.2) is 36.5 Å². The fourth-order valence-corrected chi connectivity index (χ4v) is 5.24. The Balaban J connectivity index is 1.54. The third-order valence-electron chi connectivity index (χ3n) is 6.33. The Bertz CT molecular complexity index is 1090. The summed E-state index contributed by atoms with van der Waals surface area (Å²) in [7, 11) is -1.53. The Kier molecular flexibility index (Phi) is 7.75. The van der Waals surface area contributed by atoms with Crippen molar-refractivity contribution in [1.29, 1.82) is 0 Å². The van der Waals surface area contributed by atoms with Crippen molar-refractivity contribution in [2.24, 2.45) is 0 Å². The second-order valence-corrected chi connectivity index (χ2v) is 10.7. The minimum absolute atomic E-state index is 0.0246. The van der Waals surface area contributed by atoms with Crippen LogP contribution in [0.1, 0.15) is 25.0 Å². The highest BCUT2D eigenvalue weighted by molar-refractivity contribution is 7.88. The fraction of sp³-hybridized carbons (Fsp3) is 0.667.